The molecule has 0 aromatic rings. The molecule has 8 saturated carbocycles. The van der Waals surface area contributed by atoms with Gasteiger partial charge < -0.3 is 37.9 Å². The molecule has 8 bridgehead atoms. The van der Waals surface area contributed by atoms with Gasteiger partial charge in [-0.2, -0.15) is 0 Å². The van der Waals surface area contributed by atoms with E-state index in [1.165, 1.54) is 51.4 Å². The van der Waals surface area contributed by atoms with Crippen LogP contribution < -0.4 is 0 Å². The number of carbonyl (C=O) groups is 7. The summed E-state index contributed by atoms with van der Waals surface area (Å²) in [5, 5.41) is 0. The largest absolute Gasteiger partial charge is 0.508 e. The van der Waals surface area contributed by atoms with Gasteiger partial charge >= 0.3 is 42.0 Å². The number of fused-ring (bicyclic) bond motifs is 1. The van der Waals surface area contributed by atoms with Crippen LogP contribution in [0.3, 0.4) is 0 Å². The summed E-state index contributed by atoms with van der Waals surface area (Å²) in [4.78, 5) is 83.9. The molecule has 10 aliphatic rings. The van der Waals surface area contributed by atoms with E-state index in [9.17, 15) is 33.6 Å². The molecule has 10 rings (SSSR count). The summed E-state index contributed by atoms with van der Waals surface area (Å²) in [5.41, 5.74) is -2.10. The van der Waals surface area contributed by atoms with Crippen molar-refractivity contribution in [2.75, 3.05) is 19.8 Å². The van der Waals surface area contributed by atoms with Crippen molar-refractivity contribution in [1.82, 2.24) is 0 Å². The molecule has 88 heavy (non-hydrogen) atoms. The van der Waals surface area contributed by atoms with E-state index in [-0.39, 0.29) is 149 Å². The highest BCUT2D eigenvalue weighted by Crippen LogP contribution is 2.62. The van der Waals surface area contributed by atoms with E-state index in [2.05, 4.69) is 27.7 Å². The third-order valence-corrected chi connectivity index (χ3v) is 20.6. The average Bonchev–Trinajstić information content (AvgIpc) is 0.859. The molecule has 2 heterocycles. The van der Waals surface area contributed by atoms with Crippen molar-refractivity contribution in [3.63, 3.8) is 0 Å². The highest BCUT2D eigenvalue weighted by molar-refractivity contribution is 5.80. The Hall–Kier alpha value is -3.91. The van der Waals surface area contributed by atoms with Gasteiger partial charge in [0.2, 0.25) is 0 Å². The zero-order chi connectivity index (χ0) is 59.4. The standard InChI is InChI=1S/C19H32O2.C18H26O6.C15H26O5.C13H24O2.8CH4/c1-6-18(4,5)17(20)21-19(12(2)3)15-8-13-7-14(10-15)11-16(19)9-13;1-4-18(2,3)17(21)22-9-14(19)24-15-11-5-10-6-12(8-11)16(20)23-13(15)7-10;1-4-15(2,3)13(16)18-10-11-19-14(17)20-12-8-6-5-7-9-12;1-5-12(3,4)11(14)15-13(6-2)9-7-8-10-13;;;;;;;;/h12-16H,6-11H2,1-5H3;10-13,15H,4-9H2,1-3H3;12H,4-11H2,1-3H3;5-10H2,1-4H3;8*1H4. The lowest BCUT2D eigenvalue weighted by Gasteiger charge is -2.62. The molecule has 0 N–H and O–H groups in total. The fourth-order valence-corrected chi connectivity index (χ4v) is 13.7. The van der Waals surface area contributed by atoms with Crippen molar-refractivity contribution in [1.29, 1.82) is 0 Å². The predicted octanol–water partition coefficient (Wildman–Crippen LogP) is 19.3. The maximum atomic E-state index is 12.8. The quantitative estimate of drug-likeness (QED) is 0.0673. The maximum Gasteiger partial charge on any atom is 0.508 e. The lowest BCUT2D eigenvalue weighted by atomic mass is 9.47. The first-order valence-electron chi connectivity index (χ1n) is 31.5. The number of hydrogen-bond acceptors (Lipinski definition) is 15. The number of esters is 6. The normalized spacial score (nSPS) is 26.5. The van der Waals surface area contributed by atoms with Gasteiger partial charge in [0.25, 0.3) is 0 Å². The lowest BCUT2D eigenvalue weighted by Crippen LogP contribution is -2.63. The number of carbonyl (C=O) groups excluding carboxylic acids is 7. The zero-order valence-corrected chi connectivity index (χ0v) is 52.4. The fourth-order valence-electron chi connectivity index (χ4n) is 13.7. The number of rotatable bonds is 19. The van der Waals surface area contributed by atoms with Gasteiger partial charge in [0, 0.05) is 5.92 Å². The molecule has 2 saturated heterocycles. The van der Waals surface area contributed by atoms with Crippen molar-refractivity contribution in [2.45, 2.75) is 340 Å². The molecule has 5 atom stereocenters. The highest BCUT2D eigenvalue weighted by atomic mass is 16.7. The van der Waals surface area contributed by atoms with Gasteiger partial charge in [0.15, 0.2) is 6.61 Å². The summed E-state index contributed by atoms with van der Waals surface area (Å²) in [6, 6.07) is 0. The summed E-state index contributed by atoms with van der Waals surface area (Å²) in [7, 11) is 0. The first kappa shape index (κ1) is 90.5. The SMILES string of the molecule is C.C.C.C.C.C.C.C.CCC(C)(C)C(=O)OC1(C(C)C)C2CC3CC(C2)CC1C3.CCC(C)(C)C(=O)OCC(=O)OC1C2CC3CC(C2)C(=O)OC1C3.CCC(C)(C)C(=O)OCCOC(=O)OC1CCCCC1.CCC1(OC(=O)C(C)(C)CC)CCCC1. The van der Waals surface area contributed by atoms with Crippen LogP contribution in [-0.2, 0) is 66.7 Å². The molecular weight excluding hydrogens is 1120 g/mol. The Kier molecular flexibility index (Phi) is 39.9. The number of ether oxygens (including phenoxy) is 8. The van der Waals surface area contributed by atoms with Gasteiger partial charge in [-0.3, -0.25) is 24.0 Å². The fraction of sp³-hybridized carbons (Fsp3) is 0.904. The second kappa shape index (κ2) is 38.8. The van der Waals surface area contributed by atoms with Crippen LogP contribution in [0, 0.1) is 69.0 Å². The summed E-state index contributed by atoms with van der Waals surface area (Å²) >= 11 is 0. The molecule has 15 nitrogen and oxygen atoms in total. The molecule has 15 heteroatoms. The van der Waals surface area contributed by atoms with Crippen LogP contribution in [0.4, 0.5) is 4.79 Å². The van der Waals surface area contributed by atoms with Crippen LogP contribution in [0.1, 0.15) is 311 Å². The van der Waals surface area contributed by atoms with Crippen molar-refractivity contribution in [3.05, 3.63) is 0 Å². The third kappa shape index (κ3) is 23.3. The van der Waals surface area contributed by atoms with Gasteiger partial charge in [-0.25, -0.2) is 9.59 Å². The van der Waals surface area contributed by atoms with Crippen LogP contribution in [0.2, 0.25) is 0 Å². The highest BCUT2D eigenvalue weighted by Gasteiger charge is 2.61. The molecule has 0 radical (unpaired) electrons. The van der Waals surface area contributed by atoms with Crippen LogP contribution >= 0.6 is 0 Å². The van der Waals surface area contributed by atoms with Crippen molar-refractivity contribution in [3.8, 4) is 0 Å². The second-order valence-corrected chi connectivity index (χ2v) is 28.2. The second-order valence-electron chi connectivity index (χ2n) is 28.2. The van der Waals surface area contributed by atoms with E-state index in [0.29, 0.717) is 36.5 Å². The molecule has 0 aromatic carbocycles. The Morgan fingerprint density at radius 2 is 0.955 bits per heavy atom. The smallest absolute Gasteiger partial charge is 0.462 e. The molecule has 522 valence electrons. The van der Waals surface area contributed by atoms with Crippen LogP contribution in [-0.4, -0.2) is 91.3 Å². The Morgan fingerprint density at radius 1 is 0.511 bits per heavy atom. The van der Waals surface area contributed by atoms with E-state index in [4.69, 9.17) is 37.9 Å². The Morgan fingerprint density at radius 3 is 1.42 bits per heavy atom. The van der Waals surface area contributed by atoms with Crippen molar-refractivity contribution in [2.24, 2.45) is 69.0 Å². The van der Waals surface area contributed by atoms with Gasteiger partial charge in [-0.15, -0.1) is 0 Å². The van der Waals surface area contributed by atoms with Crippen LogP contribution in [0.25, 0.3) is 0 Å². The van der Waals surface area contributed by atoms with Gasteiger partial charge in [-0.05, 0) is 232 Å². The van der Waals surface area contributed by atoms with E-state index in [0.717, 1.165) is 95.3 Å². The topological polar surface area (TPSA) is 193 Å². The lowest BCUT2D eigenvalue weighted by molar-refractivity contribution is -0.231. The van der Waals surface area contributed by atoms with Crippen LogP contribution in [0.5, 0.6) is 0 Å². The van der Waals surface area contributed by atoms with E-state index >= 15 is 0 Å². The molecule has 0 amide bonds. The van der Waals surface area contributed by atoms with Crippen molar-refractivity contribution < 1.29 is 71.5 Å². The third-order valence-electron chi connectivity index (χ3n) is 20.6. The summed E-state index contributed by atoms with van der Waals surface area (Å²) in [6.07, 6.45) is 22.3. The van der Waals surface area contributed by atoms with E-state index in [1.807, 2.05) is 62.3 Å². The molecule has 8 aliphatic carbocycles. The maximum absolute atomic E-state index is 12.8. The molecule has 0 aromatic heterocycles. The van der Waals surface area contributed by atoms with E-state index in [1.54, 1.807) is 13.8 Å². The Balaban J connectivity index is -0.000000525. The van der Waals surface area contributed by atoms with Gasteiger partial charge in [0.1, 0.15) is 42.7 Å². The van der Waals surface area contributed by atoms with Gasteiger partial charge in [-0.1, -0.05) is 114 Å². The monoisotopic (exact) mass is 1260 g/mol. The molecule has 5 unspecified atom stereocenters. The first-order chi connectivity index (χ1) is 37.5. The zero-order valence-electron chi connectivity index (χ0n) is 52.4. The minimum absolute atomic E-state index is 0. The summed E-state index contributed by atoms with van der Waals surface area (Å²) in [6.45, 7) is 29.5. The molecule has 10 fully saturated rings. The summed E-state index contributed by atoms with van der Waals surface area (Å²) < 4.78 is 43.5. The van der Waals surface area contributed by atoms with Crippen molar-refractivity contribution >= 4 is 42.0 Å². The van der Waals surface area contributed by atoms with Crippen LogP contribution in [0.15, 0.2) is 0 Å². The molecular formula is C73H140O15. The Bertz CT molecular complexity index is 2050. The van der Waals surface area contributed by atoms with Gasteiger partial charge in [0.05, 0.1) is 27.6 Å². The first-order valence-corrected chi connectivity index (χ1v) is 31.5. The minimum atomic E-state index is -0.664. The molecule has 0 spiro atoms. The number of hydrogen-bond donors (Lipinski definition) is 0. The summed E-state index contributed by atoms with van der Waals surface area (Å²) in [5.74, 6) is 2.72. The minimum Gasteiger partial charge on any atom is -0.462 e. The Labute approximate surface area is 540 Å². The predicted molar refractivity (Wildman–Crippen MR) is 358 cm³/mol. The molecule has 2 aliphatic heterocycles. The average molecular weight is 1260 g/mol. The van der Waals surface area contributed by atoms with E-state index < -0.39 is 35.0 Å².